The van der Waals surface area contributed by atoms with Gasteiger partial charge in [-0.3, -0.25) is 4.18 Å². The van der Waals surface area contributed by atoms with Crippen LogP contribution in [-0.4, -0.2) is 226 Å². The zero-order valence-electron chi connectivity index (χ0n) is 25.4. The van der Waals surface area contributed by atoms with Crippen molar-refractivity contribution in [2.75, 3.05) is 39.3 Å². The van der Waals surface area contributed by atoms with E-state index >= 15 is 0 Å². The maximum atomic E-state index is 11.4. The van der Waals surface area contributed by atoms with Crippen LogP contribution in [0.2, 0.25) is 0 Å². The fourth-order valence-corrected chi connectivity index (χ4v) is 5.95. The fourth-order valence-electron chi connectivity index (χ4n) is 5.56. The van der Waals surface area contributed by atoms with Gasteiger partial charge in [0.15, 0.2) is 18.9 Å². The molecule has 4 rings (SSSR count). The Hall–Kier alpha value is -0.850. The molecule has 0 aromatic carbocycles. The van der Waals surface area contributed by atoms with Gasteiger partial charge in [0.05, 0.1) is 39.3 Å². The quantitative estimate of drug-likeness (QED) is 0.0518. The Morgan fingerprint density at radius 2 is 1.17 bits per heavy atom. The van der Waals surface area contributed by atoms with Crippen LogP contribution in [0.3, 0.4) is 0 Å². The van der Waals surface area contributed by atoms with Crippen LogP contribution in [0, 0.1) is 0 Å². The van der Waals surface area contributed by atoms with Crippen molar-refractivity contribution >= 4 is 10.1 Å². The van der Waals surface area contributed by atoms with Crippen molar-refractivity contribution in [1.82, 2.24) is 0 Å². The summed E-state index contributed by atoms with van der Waals surface area (Å²) in [6, 6.07) is 0. The second-order valence-corrected chi connectivity index (χ2v) is 13.4. The van der Waals surface area contributed by atoms with Crippen LogP contribution in [0.15, 0.2) is 0 Å². The lowest BCUT2D eigenvalue weighted by Crippen LogP contribution is -2.64. The highest BCUT2D eigenvalue weighted by atomic mass is 32.2. The first kappa shape index (κ1) is 39.9. The molecule has 0 bridgehead atoms. The number of epoxide rings is 1. The van der Waals surface area contributed by atoms with Crippen LogP contribution in [0.1, 0.15) is 0 Å². The average Bonchev–Trinajstić information content (AvgIpc) is 3.87. The van der Waals surface area contributed by atoms with Gasteiger partial charge in [-0.2, -0.15) is 8.42 Å². The van der Waals surface area contributed by atoms with Crippen molar-refractivity contribution in [2.24, 2.45) is 0 Å². The number of hydrogen-bond donors (Lipinski definition) is 12. The molecule has 0 amide bonds. The Kier molecular flexibility index (Phi) is 13.9. The van der Waals surface area contributed by atoms with Gasteiger partial charge in [-0.25, -0.2) is 0 Å². The average molecular weight is 729 g/mol. The molecule has 4 heterocycles. The lowest BCUT2D eigenvalue weighted by molar-refractivity contribution is -0.356. The number of rotatable bonds is 16. The van der Waals surface area contributed by atoms with Crippen molar-refractivity contribution in [2.45, 2.75) is 117 Å². The summed E-state index contributed by atoms with van der Waals surface area (Å²) in [4.78, 5) is 0. The normalized spacial score (nSPS) is 44.4. The largest absolute Gasteiger partial charge is 0.394 e. The zero-order chi connectivity index (χ0) is 35.7. The maximum Gasteiger partial charge on any atom is 0.264 e. The van der Waals surface area contributed by atoms with Gasteiger partial charge >= 0.3 is 0 Å². The monoisotopic (exact) mass is 728 g/mol. The van der Waals surface area contributed by atoms with E-state index in [1.807, 2.05) is 0 Å². The summed E-state index contributed by atoms with van der Waals surface area (Å²) in [5.41, 5.74) is 0. The van der Waals surface area contributed by atoms with Gasteiger partial charge in [-0.1, -0.05) is 0 Å². The molecule has 4 aliphatic rings. The lowest BCUT2D eigenvalue weighted by Gasteiger charge is -2.45. The standard InChI is InChI=1S/C25H44O22S/c1-48(38,39)40-6-11-13(33)14(34)16(36)23(43-11)47-20-10(5-29)42-25(22-21(20)44-22)46-19-9(4-28)41-24(17(37)15(19)35)45-18(8(31)3-27)12(32)7(30)2-26/h7-37H,2-6H2,1H3/t7-,8+,9+,10+,11+,12+,13+,14-,15+,16+,17+,18+,19+,20+,21-,22-,23+,24+,25+/m0/s1. The number of aliphatic hydroxyl groups excluding tert-OH is 12. The molecule has 22 nitrogen and oxygen atoms in total. The molecule has 0 spiro atoms. The number of ether oxygens (including phenoxy) is 7. The SMILES string of the molecule is CS(=O)(=O)OC[C@H]1O[C@H](O[C@H]2[C@@H]3O[C@@H]3[C@@H](O[C@H]3[C@H](O)[C@@H](O)[C@@H](O[C@@H]([C@H](O)[C@@H](O)CO)[C@H](O)CO)O[C@@H]3CO)O[C@@H]2CO)[C@H](O)[C@@H](O)[C@@H]1O. The third-order valence-electron chi connectivity index (χ3n) is 8.30. The molecule has 23 heteroatoms. The Bertz CT molecular complexity index is 1120. The Morgan fingerprint density at radius 3 is 1.75 bits per heavy atom. The molecule has 48 heavy (non-hydrogen) atoms. The minimum Gasteiger partial charge on any atom is -0.394 e. The van der Waals surface area contributed by atoms with Crippen LogP contribution in [0.4, 0.5) is 0 Å². The van der Waals surface area contributed by atoms with Crippen molar-refractivity contribution in [1.29, 1.82) is 0 Å². The van der Waals surface area contributed by atoms with Crippen LogP contribution in [-0.2, 0) is 47.5 Å². The summed E-state index contributed by atoms with van der Waals surface area (Å²) in [5, 5.41) is 121. The molecule has 4 aliphatic heterocycles. The predicted octanol–water partition coefficient (Wildman–Crippen LogP) is -9.08. The van der Waals surface area contributed by atoms with Gasteiger partial charge < -0.3 is 94.4 Å². The van der Waals surface area contributed by atoms with E-state index in [0.717, 1.165) is 6.26 Å². The highest BCUT2D eigenvalue weighted by Gasteiger charge is 2.62. The van der Waals surface area contributed by atoms with Gasteiger partial charge in [-0.05, 0) is 0 Å². The zero-order valence-corrected chi connectivity index (χ0v) is 26.2. The van der Waals surface area contributed by atoms with E-state index in [-0.39, 0.29) is 0 Å². The van der Waals surface area contributed by atoms with E-state index in [1.54, 1.807) is 0 Å². The molecule has 0 unspecified atom stereocenters. The minimum atomic E-state index is -3.97. The second kappa shape index (κ2) is 16.7. The molecule has 4 fully saturated rings. The van der Waals surface area contributed by atoms with E-state index < -0.39 is 160 Å². The first-order valence-electron chi connectivity index (χ1n) is 14.9. The van der Waals surface area contributed by atoms with Gasteiger partial charge in [0.1, 0.15) is 97.7 Å². The first-order valence-corrected chi connectivity index (χ1v) is 16.7. The van der Waals surface area contributed by atoms with Gasteiger partial charge in [-0.15, -0.1) is 0 Å². The third kappa shape index (κ3) is 8.95. The highest BCUT2D eigenvalue weighted by molar-refractivity contribution is 7.85. The van der Waals surface area contributed by atoms with Gasteiger partial charge in [0.2, 0.25) is 0 Å². The Balaban J connectivity index is 1.41. The summed E-state index contributed by atoms with van der Waals surface area (Å²) >= 11 is 0. The number of fused-ring (bicyclic) bond motifs is 1. The van der Waals surface area contributed by atoms with Crippen LogP contribution in [0.25, 0.3) is 0 Å². The molecule has 0 aliphatic carbocycles. The third-order valence-corrected chi connectivity index (χ3v) is 8.87. The molecule has 12 N–H and O–H groups in total. The van der Waals surface area contributed by atoms with E-state index in [9.17, 15) is 64.6 Å². The van der Waals surface area contributed by atoms with Crippen molar-refractivity contribution in [3.8, 4) is 0 Å². The van der Waals surface area contributed by atoms with Crippen LogP contribution < -0.4 is 0 Å². The van der Waals surface area contributed by atoms with Gasteiger partial charge in [0.25, 0.3) is 10.1 Å². The van der Waals surface area contributed by atoms with Crippen molar-refractivity contribution in [3.63, 3.8) is 0 Å². The number of hydrogen-bond acceptors (Lipinski definition) is 22. The molecule has 19 atom stereocenters. The molecule has 0 saturated carbocycles. The molecular weight excluding hydrogens is 684 g/mol. The van der Waals surface area contributed by atoms with Gasteiger partial charge in [0, 0.05) is 0 Å². The predicted molar refractivity (Wildman–Crippen MR) is 146 cm³/mol. The highest BCUT2D eigenvalue weighted by Crippen LogP contribution is 2.42. The van der Waals surface area contributed by atoms with Crippen molar-refractivity contribution in [3.05, 3.63) is 0 Å². The smallest absolute Gasteiger partial charge is 0.264 e. The molecule has 0 aromatic rings. The van der Waals surface area contributed by atoms with E-state index in [1.165, 1.54) is 0 Å². The molecule has 0 radical (unpaired) electrons. The van der Waals surface area contributed by atoms with Crippen LogP contribution >= 0.6 is 0 Å². The van der Waals surface area contributed by atoms with Crippen molar-refractivity contribution < 1.29 is 107 Å². The molecule has 4 saturated heterocycles. The molecule has 282 valence electrons. The number of aliphatic hydroxyl groups is 12. The van der Waals surface area contributed by atoms with E-state index in [0.29, 0.717) is 0 Å². The van der Waals surface area contributed by atoms with Crippen LogP contribution in [0.5, 0.6) is 0 Å². The molecule has 0 aromatic heterocycles. The summed E-state index contributed by atoms with van der Waals surface area (Å²) in [7, 11) is -3.97. The minimum absolute atomic E-state index is 0.726. The van der Waals surface area contributed by atoms with E-state index in [4.69, 9.17) is 38.3 Å². The lowest BCUT2D eigenvalue weighted by atomic mass is 9.97. The second-order valence-electron chi connectivity index (χ2n) is 11.8. The summed E-state index contributed by atoms with van der Waals surface area (Å²) in [5.74, 6) is 0. The first-order chi connectivity index (χ1) is 22.6. The summed E-state index contributed by atoms with van der Waals surface area (Å²) < 4.78 is 66.6. The Morgan fingerprint density at radius 1 is 0.625 bits per heavy atom. The fraction of sp³-hybridized carbons (Fsp3) is 1.00. The summed E-state index contributed by atoms with van der Waals surface area (Å²) in [6.07, 6.45) is -29.9. The maximum absolute atomic E-state index is 11.4. The molecular formula is C25H44O22S. The summed E-state index contributed by atoms with van der Waals surface area (Å²) in [6.45, 7) is -4.26. The Labute approximate surface area is 273 Å². The van der Waals surface area contributed by atoms with E-state index in [2.05, 4.69) is 4.18 Å². The topological polar surface area (TPSA) is 354 Å².